The summed E-state index contributed by atoms with van der Waals surface area (Å²) in [6, 6.07) is 0. The van der Waals surface area contributed by atoms with Crippen molar-refractivity contribution < 1.29 is 57.9 Å². The zero-order chi connectivity index (χ0) is 40.5. The number of rotatable bonds is 10. The van der Waals surface area contributed by atoms with E-state index >= 15 is 0 Å². The van der Waals surface area contributed by atoms with Gasteiger partial charge in [0.1, 0.15) is 11.7 Å². The Morgan fingerprint density at radius 3 is 2.14 bits per heavy atom. The number of aliphatic carboxylic acids is 1. The summed E-state index contributed by atoms with van der Waals surface area (Å²) in [4.78, 5) is 81.2. The molecule has 19 atom stereocenters. The Kier molecular flexibility index (Phi) is 9.92. The maximum Gasteiger partial charge on any atom is 0.338 e. The molecule has 0 spiro atoms. The van der Waals surface area contributed by atoms with Crippen molar-refractivity contribution in [1.29, 1.82) is 0 Å². The molecule has 9 aliphatic rings. The summed E-state index contributed by atoms with van der Waals surface area (Å²) in [6.45, 7) is 9.36. The third-order valence-corrected chi connectivity index (χ3v) is 18.6. The molecule has 9 fully saturated rings. The Bertz CT molecular complexity index is 1700. The maximum atomic E-state index is 14.3. The number of hydrogen-bond acceptors (Lipinski definition) is 12. The second-order valence-electron chi connectivity index (χ2n) is 20.9. The minimum absolute atomic E-state index is 0.0124. The highest BCUT2D eigenvalue weighted by atomic mass is 32.2. The van der Waals surface area contributed by atoms with Gasteiger partial charge < -0.3 is 29.2 Å². The molecule has 57 heavy (non-hydrogen) atoms. The highest BCUT2D eigenvalue weighted by molar-refractivity contribution is 8.00. The van der Waals surface area contributed by atoms with Gasteiger partial charge >= 0.3 is 35.8 Å². The van der Waals surface area contributed by atoms with Gasteiger partial charge in [0, 0.05) is 28.8 Å². The highest BCUT2D eigenvalue weighted by Crippen LogP contribution is 2.69. The quantitative estimate of drug-likeness (QED) is 0.162. The van der Waals surface area contributed by atoms with E-state index < -0.39 is 77.2 Å². The van der Waals surface area contributed by atoms with E-state index in [1.54, 1.807) is 0 Å². The van der Waals surface area contributed by atoms with Crippen LogP contribution in [0, 0.1) is 94.7 Å². The van der Waals surface area contributed by atoms with Crippen molar-refractivity contribution in [3.8, 4) is 0 Å². The highest BCUT2D eigenvalue weighted by Gasteiger charge is 2.69. The van der Waals surface area contributed by atoms with Crippen LogP contribution in [0.3, 0.4) is 0 Å². The van der Waals surface area contributed by atoms with Crippen LogP contribution in [0.1, 0.15) is 105 Å². The molecule has 314 valence electrons. The van der Waals surface area contributed by atoms with Crippen LogP contribution >= 0.6 is 11.8 Å². The van der Waals surface area contributed by atoms with Gasteiger partial charge in [0.15, 0.2) is 5.60 Å². The number of esters is 5. The van der Waals surface area contributed by atoms with Crippen molar-refractivity contribution in [2.24, 2.45) is 94.7 Å². The molecule has 6 bridgehead atoms. The Labute approximate surface area is 339 Å². The molecule has 12 nitrogen and oxygen atoms in total. The first-order chi connectivity index (χ1) is 26.9. The van der Waals surface area contributed by atoms with Crippen LogP contribution in [0.25, 0.3) is 0 Å². The van der Waals surface area contributed by atoms with Gasteiger partial charge in [0.05, 0.1) is 36.2 Å². The van der Waals surface area contributed by atoms with E-state index in [0.717, 1.165) is 38.5 Å². The predicted octanol–water partition coefficient (Wildman–Crippen LogP) is 5.45. The Balaban J connectivity index is 0.989. The molecule has 0 radical (unpaired) electrons. The van der Waals surface area contributed by atoms with Crippen LogP contribution in [0.5, 0.6) is 0 Å². The van der Waals surface area contributed by atoms with Gasteiger partial charge in [0.25, 0.3) is 0 Å². The largest absolute Gasteiger partial charge is 0.481 e. The fraction of sp³-hybridized carbons (Fsp3) is 0.864. The number of carbonyl (C=O) groups is 6. The molecule has 0 aromatic carbocycles. The predicted molar refractivity (Wildman–Crippen MR) is 204 cm³/mol. The van der Waals surface area contributed by atoms with Crippen molar-refractivity contribution in [3.05, 3.63) is 0 Å². The summed E-state index contributed by atoms with van der Waals surface area (Å²) >= 11 is 1.87. The van der Waals surface area contributed by atoms with Crippen molar-refractivity contribution in [3.63, 3.8) is 0 Å². The van der Waals surface area contributed by atoms with E-state index in [2.05, 4.69) is 6.92 Å². The monoisotopic (exact) mass is 812 g/mol. The number of aliphatic hydroxyl groups is 1. The van der Waals surface area contributed by atoms with Gasteiger partial charge in [-0.2, -0.15) is 11.8 Å². The van der Waals surface area contributed by atoms with Crippen molar-refractivity contribution in [2.75, 3.05) is 6.61 Å². The Morgan fingerprint density at radius 1 is 0.772 bits per heavy atom. The number of cyclic esters (lactones) is 3. The third kappa shape index (κ3) is 6.56. The van der Waals surface area contributed by atoms with Crippen LogP contribution < -0.4 is 0 Å². The topological polar surface area (TPSA) is 180 Å². The summed E-state index contributed by atoms with van der Waals surface area (Å²) in [5.74, 6) is -7.79. The molecule has 2 N–H and O–H groups in total. The number of ether oxygens (including phenoxy) is 4. The molecule has 13 heteroatoms. The van der Waals surface area contributed by atoms with Gasteiger partial charge in [-0.1, -0.05) is 26.2 Å². The first-order valence-corrected chi connectivity index (χ1v) is 22.8. The second-order valence-corrected chi connectivity index (χ2v) is 22.4. The first-order valence-electron chi connectivity index (χ1n) is 21.9. The van der Waals surface area contributed by atoms with Crippen molar-refractivity contribution in [1.82, 2.24) is 0 Å². The van der Waals surface area contributed by atoms with Crippen molar-refractivity contribution in [2.45, 2.75) is 133 Å². The average Bonchev–Trinajstić information content (AvgIpc) is 4.01. The molecule has 9 rings (SSSR count). The van der Waals surface area contributed by atoms with E-state index in [1.165, 1.54) is 13.3 Å². The second kappa shape index (κ2) is 14.2. The molecule has 7 saturated carbocycles. The lowest BCUT2D eigenvalue weighted by Crippen LogP contribution is -2.50. The fourth-order valence-corrected chi connectivity index (χ4v) is 16.7. The molecule has 19 unspecified atom stereocenters. The van der Waals surface area contributed by atoms with Crippen molar-refractivity contribution >= 4 is 47.6 Å². The number of fused-ring (bicyclic) bond motifs is 9. The number of hydrogen-bond donors (Lipinski definition) is 2. The lowest BCUT2D eigenvalue weighted by atomic mass is 9.56. The van der Waals surface area contributed by atoms with E-state index in [4.69, 9.17) is 18.9 Å². The lowest BCUT2D eigenvalue weighted by molar-refractivity contribution is -0.176. The average molecular weight is 813 g/mol. The Hall–Kier alpha value is -2.67. The van der Waals surface area contributed by atoms with E-state index in [1.807, 2.05) is 32.5 Å². The van der Waals surface area contributed by atoms with Gasteiger partial charge in [-0.15, -0.1) is 0 Å². The zero-order valence-electron chi connectivity index (χ0n) is 33.8. The molecule has 7 aliphatic carbocycles. The molecule has 2 heterocycles. The zero-order valence-corrected chi connectivity index (χ0v) is 34.7. The third-order valence-electron chi connectivity index (χ3n) is 16.8. The number of thioether (sulfide) groups is 1. The SMILES string of the molecule is CC1C2CC(C(=O)O)C(C2)C1C1C2CC(C(=O)OC(C)(C)C)C(C2)C1C1C(=O)OC(=O)C1CC(C)(O)C(=O)OC1C2CC(C3COC(=O)C32)C1SC1CCCCC1. The van der Waals surface area contributed by atoms with E-state index in [9.17, 15) is 39.0 Å². The van der Waals surface area contributed by atoms with Crippen LogP contribution in [-0.4, -0.2) is 80.4 Å². The number of carboxylic acid groups (broad SMARTS) is 1. The summed E-state index contributed by atoms with van der Waals surface area (Å²) in [6.07, 6.45) is 8.14. The lowest BCUT2D eigenvalue weighted by Gasteiger charge is -2.46. The van der Waals surface area contributed by atoms with Crippen LogP contribution in [0.4, 0.5) is 0 Å². The number of carboxylic acids is 1. The summed E-state index contributed by atoms with van der Waals surface area (Å²) in [5, 5.41) is 22.7. The van der Waals surface area contributed by atoms with Gasteiger partial charge in [-0.25, -0.2) is 4.79 Å². The van der Waals surface area contributed by atoms with Crippen LogP contribution in [0.15, 0.2) is 0 Å². The van der Waals surface area contributed by atoms with Gasteiger partial charge in [0.2, 0.25) is 0 Å². The molecular formula is C44H60O12S. The van der Waals surface area contributed by atoms with E-state index in [0.29, 0.717) is 31.1 Å². The van der Waals surface area contributed by atoms with Gasteiger partial charge in [-0.3, -0.25) is 24.0 Å². The standard InChI is InChI=1S/C44H60O12S/c1-18-19-11-22(25(12-19)37(45)46)30(18)31-20-13-23(26(14-20)39(48)56-43(2,3)4)33(31)34-28(38(47)55-41(34)50)16-44(5,52)42(51)54-35-27-15-24(29-17-53-40(49)32(27)29)36(35)57-21-9-7-6-8-10-21/h18-36,52H,6-17H2,1-5H3,(H,45,46). The Morgan fingerprint density at radius 2 is 1.46 bits per heavy atom. The number of carbonyl (C=O) groups excluding carboxylic acids is 5. The minimum atomic E-state index is -2.17. The van der Waals surface area contributed by atoms with Gasteiger partial charge in [-0.05, 0) is 126 Å². The van der Waals surface area contributed by atoms with Crippen LogP contribution in [0.2, 0.25) is 0 Å². The fourth-order valence-electron chi connectivity index (χ4n) is 14.7. The normalized spacial score (nSPS) is 46.9. The summed E-state index contributed by atoms with van der Waals surface area (Å²) in [5.41, 5.74) is -2.90. The van der Waals surface area contributed by atoms with E-state index in [-0.39, 0.29) is 82.3 Å². The molecule has 2 aliphatic heterocycles. The molecule has 0 aromatic rings. The molecular weight excluding hydrogens is 753 g/mol. The molecule has 2 saturated heterocycles. The smallest absolute Gasteiger partial charge is 0.338 e. The molecule has 0 amide bonds. The maximum absolute atomic E-state index is 14.3. The summed E-state index contributed by atoms with van der Waals surface area (Å²) in [7, 11) is 0. The minimum Gasteiger partial charge on any atom is -0.481 e. The van der Waals surface area contributed by atoms with Crippen LogP contribution in [-0.2, 0) is 47.7 Å². The summed E-state index contributed by atoms with van der Waals surface area (Å²) < 4.78 is 23.1. The first kappa shape index (κ1) is 39.8. The molecule has 0 aromatic heterocycles.